The van der Waals surface area contributed by atoms with E-state index >= 15 is 0 Å². The van der Waals surface area contributed by atoms with Crippen molar-refractivity contribution in [3.63, 3.8) is 0 Å². The Kier molecular flexibility index (Phi) is 8.16. The van der Waals surface area contributed by atoms with Gasteiger partial charge in [0, 0.05) is 51.4 Å². The Morgan fingerprint density at radius 3 is 2.45 bits per heavy atom. The number of hydrogen-bond donors (Lipinski definition) is 2. The molecule has 3 aromatic rings. The number of nitrogens with one attached hydrogen (secondary N) is 2. The van der Waals surface area contributed by atoms with E-state index in [1.54, 1.807) is 18.5 Å². The van der Waals surface area contributed by atoms with Crippen LogP contribution >= 0.6 is 0 Å². The van der Waals surface area contributed by atoms with E-state index in [0.717, 1.165) is 69.6 Å². The van der Waals surface area contributed by atoms with Crippen molar-refractivity contribution >= 4 is 38.4 Å². The van der Waals surface area contributed by atoms with E-state index in [9.17, 15) is 8.42 Å². The molecule has 0 aromatic carbocycles. The largest absolute Gasteiger partial charge is 0.474 e. The quantitative estimate of drug-likeness (QED) is 0.375. The first kappa shape index (κ1) is 28.2. The van der Waals surface area contributed by atoms with Crippen LogP contribution in [0.5, 0.6) is 11.6 Å². The van der Waals surface area contributed by atoms with Gasteiger partial charge in [-0.05, 0) is 31.7 Å². The van der Waals surface area contributed by atoms with Gasteiger partial charge in [-0.3, -0.25) is 9.71 Å². The summed E-state index contributed by atoms with van der Waals surface area (Å²) >= 11 is 0. The van der Waals surface area contributed by atoms with Crippen molar-refractivity contribution in [2.45, 2.75) is 44.2 Å². The van der Waals surface area contributed by atoms with Crippen LogP contribution in [0.15, 0.2) is 42.7 Å². The molecule has 1 aliphatic carbocycles. The van der Waals surface area contributed by atoms with Crippen molar-refractivity contribution in [3.05, 3.63) is 42.7 Å². The molecule has 1 saturated heterocycles. The molecule has 0 atom stereocenters. The normalized spacial score (nSPS) is 21.2. The molecule has 14 heteroatoms. The molecule has 0 bridgehead atoms. The third-order valence-electron chi connectivity index (χ3n) is 7.51. The second-order valence-electron chi connectivity index (χ2n) is 11.0. The van der Waals surface area contributed by atoms with Crippen molar-refractivity contribution < 1.29 is 22.6 Å². The number of ether oxygens (including phenoxy) is 3. The lowest BCUT2D eigenvalue weighted by molar-refractivity contribution is 0.122. The SMILES string of the molecule is CN1C=C(Oc2cnc(NC3CCC(Oc4nc(N5CCOCC5)cc5ncc(NS(C)(=O)=O)cc45)CC3)nc2)CC1. The maximum absolute atomic E-state index is 11.8. The molecule has 224 valence electrons. The maximum Gasteiger partial charge on any atom is 0.229 e. The zero-order chi connectivity index (χ0) is 29.1. The lowest BCUT2D eigenvalue weighted by Crippen LogP contribution is -2.37. The average molecular weight is 597 g/mol. The number of rotatable bonds is 9. The van der Waals surface area contributed by atoms with E-state index in [-0.39, 0.29) is 12.1 Å². The molecule has 3 aromatic heterocycles. The van der Waals surface area contributed by atoms with Gasteiger partial charge in [0.15, 0.2) is 5.75 Å². The fraction of sp³-hybridized carbons (Fsp3) is 0.500. The summed E-state index contributed by atoms with van der Waals surface area (Å²) in [5.41, 5.74) is 1.06. The Morgan fingerprint density at radius 2 is 1.76 bits per heavy atom. The van der Waals surface area contributed by atoms with Gasteiger partial charge in [-0.25, -0.2) is 18.4 Å². The Bertz CT molecular complexity index is 1540. The van der Waals surface area contributed by atoms with Gasteiger partial charge in [0.1, 0.15) is 17.7 Å². The molecule has 5 heterocycles. The highest BCUT2D eigenvalue weighted by atomic mass is 32.2. The van der Waals surface area contributed by atoms with Gasteiger partial charge in [-0.15, -0.1) is 0 Å². The summed E-state index contributed by atoms with van der Waals surface area (Å²) in [5, 5.41) is 4.10. The summed E-state index contributed by atoms with van der Waals surface area (Å²) in [6.07, 6.45) is 12.2. The van der Waals surface area contributed by atoms with Crippen molar-refractivity contribution in [1.29, 1.82) is 0 Å². The molecular formula is C28H36N8O5S. The van der Waals surface area contributed by atoms with Crippen molar-refractivity contribution in [2.75, 3.05) is 61.1 Å². The number of morpholine rings is 1. The molecule has 0 spiro atoms. The summed E-state index contributed by atoms with van der Waals surface area (Å²) in [6.45, 7) is 3.67. The highest BCUT2D eigenvalue weighted by molar-refractivity contribution is 7.92. The Hall–Kier alpha value is -3.91. The maximum atomic E-state index is 11.8. The van der Waals surface area contributed by atoms with Crippen molar-refractivity contribution in [2.24, 2.45) is 0 Å². The molecule has 0 amide bonds. The molecule has 2 aliphatic heterocycles. The third kappa shape index (κ3) is 7.10. The number of pyridine rings is 2. The van der Waals surface area contributed by atoms with Crippen LogP contribution in [-0.4, -0.2) is 91.6 Å². The first-order valence-corrected chi connectivity index (χ1v) is 16.1. The summed E-state index contributed by atoms with van der Waals surface area (Å²) in [6, 6.07) is 3.87. The minimum Gasteiger partial charge on any atom is -0.474 e. The minimum atomic E-state index is -3.45. The van der Waals surface area contributed by atoms with Crippen LogP contribution in [0.4, 0.5) is 17.5 Å². The zero-order valence-electron chi connectivity index (χ0n) is 23.8. The summed E-state index contributed by atoms with van der Waals surface area (Å²) in [4.78, 5) is 22.5. The van der Waals surface area contributed by atoms with Crippen LogP contribution in [0, 0.1) is 0 Å². The van der Waals surface area contributed by atoms with E-state index in [1.165, 1.54) is 6.20 Å². The number of aromatic nitrogens is 4. The molecule has 1 saturated carbocycles. The lowest BCUT2D eigenvalue weighted by atomic mass is 9.93. The Morgan fingerprint density at radius 1 is 1.00 bits per heavy atom. The highest BCUT2D eigenvalue weighted by Crippen LogP contribution is 2.33. The van der Waals surface area contributed by atoms with Crippen LogP contribution in [-0.2, 0) is 14.8 Å². The van der Waals surface area contributed by atoms with Crippen LogP contribution in [0.3, 0.4) is 0 Å². The van der Waals surface area contributed by atoms with E-state index < -0.39 is 10.0 Å². The molecule has 0 radical (unpaired) electrons. The van der Waals surface area contributed by atoms with Crippen molar-refractivity contribution in [1.82, 2.24) is 24.8 Å². The predicted octanol–water partition coefficient (Wildman–Crippen LogP) is 2.99. The lowest BCUT2D eigenvalue weighted by Gasteiger charge is -2.31. The Labute approximate surface area is 245 Å². The summed E-state index contributed by atoms with van der Waals surface area (Å²) < 4.78 is 44.0. The fourth-order valence-corrected chi connectivity index (χ4v) is 5.93. The summed E-state index contributed by atoms with van der Waals surface area (Å²) in [7, 11) is -1.43. The molecule has 2 N–H and O–H groups in total. The monoisotopic (exact) mass is 596 g/mol. The molecule has 13 nitrogen and oxygen atoms in total. The molecular weight excluding hydrogens is 560 g/mol. The van der Waals surface area contributed by atoms with Gasteiger partial charge in [-0.1, -0.05) is 0 Å². The van der Waals surface area contributed by atoms with Gasteiger partial charge in [0.2, 0.25) is 21.9 Å². The van der Waals surface area contributed by atoms with Gasteiger partial charge in [-0.2, -0.15) is 4.98 Å². The average Bonchev–Trinajstić information content (AvgIpc) is 3.39. The van der Waals surface area contributed by atoms with E-state index in [1.807, 2.05) is 19.3 Å². The molecule has 42 heavy (non-hydrogen) atoms. The van der Waals surface area contributed by atoms with Crippen LogP contribution in [0.25, 0.3) is 10.9 Å². The number of hydrogen-bond acceptors (Lipinski definition) is 12. The first-order valence-electron chi connectivity index (χ1n) is 14.2. The van der Waals surface area contributed by atoms with Gasteiger partial charge in [0.25, 0.3) is 0 Å². The van der Waals surface area contributed by atoms with Crippen molar-refractivity contribution in [3.8, 4) is 11.6 Å². The zero-order valence-corrected chi connectivity index (χ0v) is 24.6. The number of sulfonamides is 1. The van der Waals surface area contributed by atoms with Crippen LogP contribution < -0.4 is 24.4 Å². The van der Waals surface area contributed by atoms with E-state index in [0.29, 0.717) is 47.4 Å². The van der Waals surface area contributed by atoms with E-state index in [2.05, 4.69) is 34.8 Å². The predicted molar refractivity (Wildman–Crippen MR) is 159 cm³/mol. The van der Waals surface area contributed by atoms with Gasteiger partial charge in [0.05, 0.1) is 54.7 Å². The van der Waals surface area contributed by atoms with Gasteiger partial charge >= 0.3 is 0 Å². The van der Waals surface area contributed by atoms with Crippen LogP contribution in [0.1, 0.15) is 32.1 Å². The second kappa shape index (κ2) is 12.1. The molecule has 3 aliphatic rings. The number of fused-ring (bicyclic) bond motifs is 1. The topological polar surface area (TPSA) is 144 Å². The first-order chi connectivity index (χ1) is 20.3. The molecule has 0 unspecified atom stereocenters. The second-order valence-corrected chi connectivity index (χ2v) is 12.7. The van der Waals surface area contributed by atoms with E-state index in [4.69, 9.17) is 19.2 Å². The number of anilines is 3. The van der Waals surface area contributed by atoms with Gasteiger partial charge < -0.3 is 29.3 Å². The minimum absolute atomic E-state index is 0.0419. The number of nitrogens with zero attached hydrogens (tertiary/aromatic N) is 6. The molecule has 2 fully saturated rings. The third-order valence-corrected chi connectivity index (χ3v) is 8.11. The fourth-order valence-electron chi connectivity index (χ4n) is 5.39. The smallest absolute Gasteiger partial charge is 0.229 e. The molecule has 6 rings (SSSR count). The summed E-state index contributed by atoms with van der Waals surface area (Å²) in [5.74, 6) is 3.34. The van der Waals surface area contributed by atoms with Crippen LogP contribution in [0.2, 0.25) is 0 Å². The standard InChI is InChI=1S/C28H36N8O5S/c1-35-8-7-22(18-35)40-23-16-30-28(31-17-23)32-19-3-5-21(6-4-19)41-27-24-13-20(34-42(2,37)38)15-29-25(24)14-26(33-27)36-9-11-39-12-10-36/h13-19,21,34H,3-12H2,1-2H3,(H,30,31,32). The highest BCUT2D eigenvalue weighted by Gasteiger charge is 2.25. The Balaban J connectivity index is 1.11.